The lowest BCUT2D eigenvalue weighted by Gasteiger charge is -2.25. The van der Waals surface area contributed by atoms with E-state index in [4.69, 9.17) is 0 Å². The first-order chi connectivity index (χ1) is 11.1. The van der Waals surface area contributed by atoms with E-state index in [9.17, 15) is 4.79 Å². The van der Waals surface area contributed by atoms with Gasteiger partial charge in [-0.2, -0.15) is 0 Å². The fourth-order valence-corrected chi connectivity index (χ4v) is 3.81. The van der Waals surface area contributed by atoms with Crippen LogP contribution in [0.1, 0.15) is 104 Å². The molecular weight excluding hydrogens is 282 g/mol. The zero-order chi connectivity index (χ0) is 16.9. The third-order valence-electron chi connectivity index (χ3n) is 5.60. The Morgan fingerprint density at radius 2 is 1.70 bits per heavy atom. The van der Waals surface area contributed by atoms with E-state index in [1.807, 2.05) is 11.9 Å². The van der Waals surface area contributed by atoms with Crippen molar-refractivity contribution in [3.8, 4) is 0 Å². The first-order valence-electron chi connectivity index (χ1n) is 10.4. The van der Waals surface area contributed by atoms with E-state index in [1.165, 1.54) is 83.5 Å². The number of unbranched alkanes of at least 4 members (excludes halogenated alkanes) is 5. The molecule has 1 saturated carbocycles. The van der Waals surface area contributed by atoms with Gasteiger partial charge in [0, 0.05) is 20.0 Å². The first-order valence-corrected chi connectivity index (χ1v) is 10.4. The lowest BCUT2D eigenvalue weighted by Crippen LogP contribution is -2.30. The van der Waals surface area contributed by atoms with E-state index in [0.29, 0.717) is 11.8 Å². The molecule has 0 spiro atoms. The predicted molar refractivity (Wildman–Crippen MR) is 101 cm³/mol. The number of nitrogens with zero attached hydrogens (tertiary/aromatic N) is 1. The van der Waals surface area contributed by atoms with Crippen LogP contribution in [0.4, 0.5) is 0 Å². The van der Waals surface area contributed by atoms with E-state index < -0.39 is 0 Å². The average Bonchev–Trinajstić information content (AvgIpc) is 2.56. The van der Waals surface area contributed by atoms with Gasteiger partial charge in [0.15, 0.2) is 0 Å². The van der Waals surface area contributed by atoms with Crippen molar-refractivity contribution in [1.29, 1.82) is 0 Å². The fraction of sp³-hybridized carbons (Fsp3) is 0.952. The second-order valence-electron chi connectivity index (χ2n) is 7.97. The third kappa shape index (κ3) is 10.0. The van der Waals surface area contributed by atoms with Crippen LogP contribution in [-0.2, 0) is 4.79 Å². The summed E-state index contributed by atoms with van der Waals surface area (Å²) >= 11 is 0. The largest absolute Gasteiger partial charge is 0.346 e. The van der Waals surface area contributed by atoms with E-state index in [-0.39, 0.29) is 0 Å². The molecular formula is C21H41NO. The highest BCUT2D eigenvalue weighted by Gasteiger charge is 2.17. The summed E-state index contributed by atoms with van der Waals surface area (Å²) in [6, 6.07) is 0. The molecule has 0 heterocycles. The highest BCUT2D eigenvalue weighted by atomic mass is 16.2. The van der Waals surface area contributed by atoms with Crippen molar-refractivity contribution in [3.63, 3.8) is 0 Å². The van der Waals surface area contributed by atoms with Crippen LogP contribution >= 0.6 is 0 Å². The maximum absolute atomic E-state index is 12.3. The summed E-state index contributed by atoms with van der Waals surface area (Å²) in [5.41, 5.74) is 0. The Labute approximate surface area is 145 Å². The summed E-state index contributed by atoms with van der Waals surface area (Å²) in [5.74, 6) is 1.78. The van der Waals surface area contributed by atoms with Crippen molar-refractivity contribution in [2.75, 3.05) is 13.6 Å². The average molecular weight is 324 g/mol. The van der Waals surface area contributed by atoms with Crippen LogP contribution in [0.5, 0.6) is 0 Å². The van der Waals surface area contributed by atoms with Crippen LogP contribution in [0.2, 0.25) is 0 Å². The minimum absolute atomic E-state index is 0.360. The fourth-order valence-electron chi connectivity index (χ4n) is 3.81. The van der Waals surface area contributed by atoms with E-state index in [0.717, 1.165) is 18.9 Å². The van der Waals surface area contributed by atoms with Crippen LogP contribution in [-0.4, -0.2) is 24.4 Å². The van der Waals surface area contributed by atoms with Crippen LogP contribution in [0.15, 0.2) is 0 Å². The molecule has 1 unspecified atom stereocenters. The molecule has 1 aliphatic carbocycles. The lowest BCUT2D eigenvalue weighted by molar-refractivity contribution is -0.131. The van der Waals surface area contributed by atoms with Gasteiger partial charge in [-0.1, -0.05) is 90.9 Å². The molecule has 1 atom stereocenters. The Balaban J connectivity index is 2.05. The van der Waals surface area contributed by atoms with Crippen LogP contribution in [0, 0.1) is 11.8 Å². The zero-order valence-electron chi connectivity index (χ0n) is 16.1. The zero-order valence-corrected chi connectivity index (χ0v) is 16.1. The molecule has 0 aromatic rings. The van der Waals surface area contributed by atoms with Gasteiger partial charge in [0.2, 0.25) is 5.91 Å². The monoisotopic (exact) mass is 323 g/mol. The van der Waals surface area contributed by atoms with Gasteiger partial charge >= 0.3 is 0 Å². The summed E-state index contributed by atoms with van der Waals surface area (Å²) < 4.78 is 0. The molecule has 0 bridgehead atoms. The maximum Gasteiger partial charge on any atom is 0.222 e. The number of hydrogen-bond donors (Lipinski definition) is 0. The molecule has 2 nitrogen and oxygen atoms in total. The summed E-state index contributed by atoms with van der Waals surface area (Å²) in [6.07, 6.45) is 18.3. The Morgan fingerprint density at radius 1 is 1.04 bits per heavy atom. The van der Waals surface area contributed by atoms with Gasteiger partial charge < -0.3 is 4.90 Å². The normalized spacial score (nSPS) is 17.2. The van der Waals surface area contributed by atoms with Gasteiger partial charge in [0.05, 0.1) is 0 Å². The quantitative estimate of drug-likeness (QED) is 0.392. The topological polar surface area (TPSA) is 20.3 Å². The summed E-state index contributed by atoms with van der Waals surface area (Å²) in [6.45, 7) is 5.48. The number of amides is 1. The minimum Gasteiger partial charge on any atom is -0.346 e. The number of carbonyl (C=O) groups is 1. The Morgan fingerprint density at radius 3 is 2.39 bits per heavy atom. The molecule has 1 rings (SSSR count). The van der Waals surface area contributed by atoms with Crippen molar-refractivity contribution in [3.05, 3.63) is 0 Å². The van der Waals surface area contributed by atoms with Gasteiger partial charge in [-0.25, -0.2) is 0 Å². The summed E-state index contributed by atoms with van der Waals surface area (Å²) in [5, 5.41) is 0. The molecule has 1 amide bonds. The molecule has 2 heteroatoms. The van der Waals surface area contributed by atoms with E-state index in [1.54, 1.807) is 0 Å². The standard InChI is InChI=1S/C21H41NO/c1-4-5-6-7-8-10-13-19(2)18-21(23)22(3)17-16-20-14-11-9-12-15-20/h19-20H,4-18H2,1-3H3. The Bertz CT molecular complexity index is 296. The Kier molecular flexibility index (Phi) is 11.5. The van der Waals surface area contributed by atoms with Crippen LogP contribution < -0.4 is 0 Å². The van der Waals surface area contributed by atoms with Crippen molar-refractivity contribution in [2.24, 2.45) is 11.8 Å². The number of hydrogen-bond acceptors (Lipinski definition) is 1. The molecule has 0 radical (unpaired) electrons. The molecule has 136 valence electrons. The predicted octanol–water partition coefficient (Wildman–Crippen LogP) is 6.19. The molecule has 0 aromatic heterocycles. The minimum atomic E-state index is 0.360. The highest BCUT2D eigenvalue weighted by molar-refractivity contribution is 5.76. The Hall–Kier alpha value is -0.530. The van der Waals surface area contributed by atoms with E-state index in [2.05, 4.69) is 13.8 Å². The molecule has 1 aliphatic rings. The third-order valence-corrected chi connectivity index (χ3v) is 5.60. The molecule has 0 aromatic carbocycles. The van der Waals surface area contributed by atoms with Crippen molar-refractivity contribution in [1.82, 2.24) is 4.90 Å². The van der Waals surface area contributed by atoms with E-state index >= 15 is 0 Å². The highest BCUT2D eigenvalue weighted by Crippen LogP contribution is 2.26. The number of carbonyl (C=O) groups excluding carboxylic acids is 1. The molecule has 1 fully saturated rings. The first kappa shape index (κ1) is 20.5. The van der Waals surface area contributed by atoms with Crippen molar-refractivity contribution in [2.45, 2.75) is 104 Å². The lowest BCUT2D eigenvalue weighted by atomic mass is 9.87. The second kappa shape index (κ2) is 12.8. The summed E-state index contributed by atoms with van der Waals surface area (Å²) in [4.78, 5) is 14.3. The van der Waals surface area contributed by atoms with Crippen LogP contribution in [0.25, 0.3) is 0 Å². The van der Waals surface area contributed by atoms with Crippen molar-refractivity contribution < 1.29 is 4.79 Å². The SMILES string of the molecule is CCCCCCCCC(C)CC(=O)N(C)CCC1CCCCC1. The summed E-state index contributed by atoms with van der Waals surface area (Å²) in [7, 11) is 2.00. The molecule has 0 N–H and O–H groups in total. The molecule has 0 saturated heterocycles. The maximum atomic E-state index is 12.3. The number of rotatable bonds is 12. The van der Waals surface area contributed by atoms with Gasteiger partial charge in [-0.05, 0) is 18.3 Å². The second-order valence-corrected chi connectivity index (χ2v) is 7.97. The van der Waals surface area contributed by atoms with Crippen LogP contribution in [0.3, 0.4) is 0 Å². The van der Waals surface area contributed by atoms with Gasteiger partial charge in [-0.15, -0.1) is 0 Å². The molecule has 0 aliphatic heterocycles. The van der Waals surface area contributed by atoms with Crippen molar-refractivity contribution >= 4 is 5.91 Å². The van der Waals surface area contributed by atoms with Gasteiger partial charge in [-0.3, -0.25) is 4.79 Å². The van der Waals surface area contributed by atoms with Gasteiger partial charge in [0.1, 0.15) is 0 Å². The molecule has 23 heavy (non-hydrogen) atoms. The van der Waals surface area contributed by atoms with Gasteiger partial charge in [0.25, 0.3) is 0 Å². The smallest absolute Gasteiger partial charge is 0.222 e.